The summed E-state index contributed by atoms with van der Waals surface area (Å²) in [6.45, 7) is 4.22. The van der Waals surface area contributed by atoms with Crippen LogP contribution in [0.2, 0.25) is 0 Å². The third-order valence-corrected chi connectivity index (χ3v) is 7.03. The lowest BCUT2D eigenvalue weighted by Crippen LogP contribution is -2.43. The van der Waals surface area contributed by atoms with Crippen LogP contribution < -0.4 is 5.32 Å². The van der Waals surface area contributed by atoms with Gasteiger partial charge in [-0.3, -0.25) is 9.59 Å². The third-order valence-electron chi connectivity index (χ3n) is 6.17. The zero-order chi connectivity index (χ0) is 21.4. The number of fused-ring (bicyclic) bond motifs is 3. The smallest absolute Gasteiger partial charge is 0.263 e. The number of para-hydroxylation sites is 1. The number of carbonyl (C=O) groups is 2. The Hall–Kier alpha value is -3.12. The van der Waals surface area contributed by atoms with Crippen molar-refractivity contribution in [2.75, 3.05) is 18.4 Å². The number of piperidine rings is 1. The number of anilines is 1. The van der Waals surface area contributed by atoms with E-state index >= 15 is 0 Å². The van der Waals surface area contributed by atoms with Crippen LogP contribution in [0.15, 0.2) is 60.0 Å². The van der Waals surface area contributed by atoms with Gasteiger partial charge in [-0.25, -0.2) is 0 Å². The lowest BCUT2D eigenvalue weighted by atomic mass is 9.96. The predicted octanol–water partition coefficient (Wildman–Crippen LogP) is 5.37. The Kier molecular flexibility index (Phi) is 5.24. The van der Waals surface area contributed by atoms with E-state index < -0.39 is 0 Å². The van der Waals surface area contributed by atoms with Crippen molar-refractivity contribution in [2.24, 2.45) is 5.92 Å². The number of aryl methyl sites for hydroxylation is 1. The van der Waals surface area contributed by atoms with E-state index in [9.17, 15) is 9.59 Å². The molecule has 6 heteroatoms. The minimum atomic E-state index is -0.189. The Balaban J connectivity index is 1.36. The number of thiophene rings is 1. The minimum Gasteiger partial charge on any atom is -0.341 e. The fourth-order valence-corrected chi connectivity index (χ4v) is 5.34. The Bertz CT molecular complexity index is 1260. The first kappa shape index (κ1) is 19.8. The number of carbonyl (C=O) groups excluding carboxylic acids is 2. The maximum absolute atomic E-state index is 13.0. The molecule has 1 aliphatic heterocycles. The number of benzene rings is 2. The first-order chi connectivity index (χ1) is 15.2. The minimum absolute atomic E-state index is 0.0118. The fourth-order valence-electron chi connectivity index (χ4n) is 4.65. The lowest BCUT2D eigenvalue weighted by Gasteiger charge is -2.31. The van der Waals surface area contributed by atoms with E-state index in [1.54, 1.807) is 0 Å². The average molecular weight is 432 g/mol. The maximum atomic E-state index is 13.0. The number of rotatable bonds is 4. The standard InChI is InChI=1S/C25H25N3O2S/c1-2-28-21-9-4-3-8-19(21)20-15-18(11-12-22(20)28)26-24(29)17-7-5-13-27(16-17)25(30)23-10-6-14-31-23/h3-4,6,8-12,14-15,17H,2,5,7,13,16H2,1H3,(H,26,29). The molecule has 0 spiro atoms. The SMILES string of the molecule is CCn1c2ccccc2c2cc(NC(=O)C3CCCN(C(=O)c4cccs4)C3)ccc21. The van der Waals surface area contributed by atoms with E-state index in [0.717, 1.165) is 35.3 Å². The van der Waals surface area contributed by atoms with Crippen molar-refractivity contribution in [1.82, 2.24) is 9.47 Å². The van der Waals surface area contributed by atoms with E-state index in [-0.39, 0.29) is 17.7 Å². The van der Waals surface area contributed by atoms with Gasteiger partial charge in [-0.05, 0) is 55.5 Å². The molecule has 1 saturated heterocycles. The van der Waals surface area contributed by atoms with Crippen molar-refractivity contribution in [3.05, 3.63) is 64.9 Å². The predicted molar refractivity (Wildman–Crippen MR) is 127 cm³/mol. The number of amides is 2. The highest BCUT2D eigenvalue weighted by molar-refractivity contribution is 7.12. The van der Waals surface area contributed by atoms with Crippen LogP contribution in [0.3, 0.4) is 0 Å². The molecule has 0 bridgehead atoms. The molecule has 3 heterocycles. The number of hydrogen-bond donors (Lipinski definition) is 1. The van der Waals surface area contributed by atoms with E-state index in [4.69, 9.17) is 0 Å². The van der Waals surface area contributed by atoms with Gasteiger partial charge in [0.15, 0.2) is 0 Å². The van der Waals surface area contributed by atoms with Gasteiger partial charge >= 0.3 is 0 Å². The summed E-state index contributed by atoms with van der Waals surface area (Å²) in [6.07, 6.45) is 1.65. The van der Waals surface area contributed by atoms with Crippen LogP contribution in [0.4, 0.5) is 5.69 Å². The fraction of sp³-hybridized carbons (Fsp3) is 0.280. The molecule has 0 saturated carbocycles. The van der Waals surface area contributed by atoms with E-state index in [1.165, 1.54) is 27.8 Å². The topological polar surface area (TPSA) is 54.3 Å². The number of likely N-dealkylation sites (tertiary alicyclic amines) is 1. The van der Waals surface area contributed by atoms with Gasteiger partial charge in [0.2, 0.25) is 5.91 Å². The van der Waals surface area contributed by atoms with Crippen LogP contribution in [0, 0.1) is 5.92 Å². The molecular formula is C25H25N3O2S. The van der Waals surface area contributed by atoms with Crippen molar-refractivity contribution in [2.45, 2.75) is 26.3 Å². The third kappa shape index (κ3) is 3.61. The molecule has 31 heavy (non-hydrogen) atoms. The number of nitrogens with zero attached hydrogens (tertiary/aromatic N) is 2. The van der Waals surface area contributed by atoms with Gasteiger partial charge in [-0.1, -0.05) is 24.3 Å². The molecule has 2 aromatic heterocycles. The van der Waals surface area contributed by atoms with Gasteiger partial charge in [0.1, 0.15) is 0 Å². The Labute approximate surface area is 185 Å². The molecule has 1 fully saturated rings. The maximum Gasteiger partial charge on any atom is 0.263 e. The van der Waals surface area contributed by atoms with Gasteiger partial charge in [0, 0.05) is 47.1 Å². The molecule has 4 aromatic rings. The zero-order valence-electron chi connectivity index (χ0n) is 17.5. The Morgan fingerprint density at radius 1 is 1.06 bits per heavy atom. The van der Waals surface area contributed by atoms with Crippen LogP contribution in [0.25, 0.3) is 21.8 Å². The van der Waals surface area contributed by atoms with E-state index in [2.05, 4.69) is 47.1 Å². The summed E-state index contributed by atoms with van der Waals surface area (Å²) < 4.78 is 2.30. The average Bonchev–Trinajstić information content (AvgIpc) is 3.45. The summed E-state index contributed by atoms with van der Waals surface area (Å²) in [7, 11) is 0. The summed E-state index contributed by atoms with van der Waals surface area (Å²) in [5, 5.41) is 7.36. The number of aromatic nitrogens is 1. The molecule has 1 atom stereocenters. The molecule has 2 amide bonds. The highest BCUT2D eigenvalue weighted by Crippen LogP contribution is 2.31. The molecule has 1 aliphatic rings. The molecule has 2 aromatic carbocycles. The van der Waals surface area contributed by atoms with Crippen molar-refractivity contribution in [3.8, 4) is 0 Å². The summed E-state index contributed by atoms with van der Waals surface area (Å²) in [5.74, 6) is -0.172. The number of hydrogen-bond acceptors (Lipinski definition) is 3. The largest absolute Gasteiger partial charge is 0.341 e. The molecule has 1 N–H and O–H groups in total. The van der Waals surface area contributed by atoms with Crippen LogP contribution in [0.5, 0.6) is 0 Å². The van der Waals surface area contributed by atoms with Gasteiger partial charge in [0.25, 0.3) is 5.91 Å². The molecule has 5 nitrogen and oxygen atoms in total. The first-order valence-corrected chi connectivity index (χ1v) is 11.7. The molecule has 0 radical (unpaired) electrons. The lowest BCUT2D eigenvalue weighted by molar-refractivity contribution is -0.121. The normalized spacial score (nSPS) is 16.7. The summed E-state index contributed by atoms with van der Waals surface area (Å²) in [5.41, 5.74) is 3.18. The van der Waals surface area contributed by atoms with Crippen LogP contribution >= 0.6 is 11.3 Å². The second kappa shape index (κ2) is 8.19. The van der Waals surface area contributed by atoms with Crippen molar-refractivity contribution >= 4 is 50.6 Å². The van der Waals surface area contributed by atoms with Crippen LogP contribution in [-0.2, 0) is 11.3 Å². The van der Waals surface area contributed by atoms with E-state index in [0.29, 0.717) is 13.1 Å². The summed E-state index contributed by atoms with van der Waals surface area (Å²) >= 11 is 1.45. The van der Waals surface area contributed by atoms with Gasteiger partial charge in [-0.2, -0.15) is 0 Å². The second-order valence-electron chi connectivity index (χ2n) is 8.05. The summed E-state index contributed by atoms with van der Waals surface area (Å²) in [4.78, 5) is 28.3. The Morgan fingerprint density at radius 2 is 1.90 bits per heavy atom. The molecule has 5 rings (SSSR count). The summed E-state index contributed by atoms with van der Waals surface area (Å²) in [6, 6.07) is 18.2. The van der Waals surface area contributed by atoms with Gasteiger partial charge in [-0.15, -0.1) is 11.3 Å². The highest BCUT2D eigenvalue weighted by Gasteiger charge is 2.29. The quantitative estimate of drug-likeness (QED) is 0.472. The molecule has 1 unspecified atom stereocenters. The second-order valence-corrected chi connectivity index (χ2v) is 9.00. The highest BCUT2D eigenvalue weighted by atomic mass is 32.1. The van der Waals surface area contributed by atoms with Crippen molar-refractivity contribution < 1.29 is 9.59 Å². The monoisotopic (exact) mass is 431 g/mol. The van der Waals surface area contributed by atoms with Crippen molar-refractivity contribution in [3.63, 3.8) is 0 Å². The van der Waals surface area contributed by atoms with Crippen LogP contribution in [-0.4, -0.2) is 34.4 Å². The van der Waals surface area contributed by atoms with Gasteiger partial charge < -0.3 is 14.8 Å². The molecule has 158 valence electrons. The zero-order valence-corrected chi connectivity index (χ0v) is 18.3. The van der Waals surface area contributed by atoms with E-state index in [1.807, 2.05) is 34.5 Å². The first-order valence-electron chi connectivity index (χ1n) is 10.8. The Morgan fingerprint density at radius 3 is 2.71 bits per heavy atom. The number of nitrogens with one attached hydrogen (secondary N) is 1. The van der Waals surface area contributed by atoms with Crippen molar-refractivity contribution in [1.29, 1.82) is 0 Å². The van der Waals surface area contributed by atoms with Crippen LogP contribution in [0.1, 0.15) is 29.4 Å². The van der Waals surface area contributed by atoms with Gasteiger partial charge in [0.05, 0.1) is 10.8 Å². The molecular weight excluding hydrogens is 406 g/mol. The molecule has 0 aliphatic carbocycles.